The van der Waals surface area contributed by atoms with Gasteiger partial charge in [0.2, 0.25) is 0 Å². The quantitative estimate of drug-likeness (QED) is 0.641. The molecular formula is C11H10N4O2. The number of nitrogens with one attached hydrogen (secondary N) is 1. The molecule has 17 heavy (non-hydrogen) atoms. The SMILES string of the molecule is O=[N+]([O-])c1ccccc1NCc1cncnc1. The molecule has 0 amide bonds. The molecule has 0 saturated carbocycles. The Morgan fingerprint density at radius 2 is 1.94 bits per heavy atom. The van der Waals surface area contributed by atoms with Gasteiger partial charge in [0, 0.05) is 30.6 Å². The van der Waals surface area contributed by atoms with Crippen molar-refractivity contribution in [1.29, 1.82) is 0 Å². The highest BCUT2D eigenvalue weighted by molar-refractivity contribution is 5.61. The van der Waals surface area contributed by atoms with Gasteiger partial charge in [0.25, 0.3) is 5.69 Å². The monoisotopic (exact) mass is 230 g/mol. The summed E-state index contributed by atoms with van der Waals surface area (Å²) in [6.07, 6.45) is 4.76. The summed E-state index contributed by atoms with van der Waals surface area (Å²) in [5.41, 5.74) is 1.41. The number of hydrogen-bond acceptors (Lipinski definition) is 5. The highest BCUT2D eigenvalue weighted by Gasteiger charge is 2.11. The van der Waals surface area contributed by atoms with Crippen molar-refractivity contribution in [3.05, 3.63) is 58.7 Å². The molecule has 0 aliphatic carbocycles. The molecule has 2 aromatic rings. The molecule has 0 atom stereocenters. The van der Waals surface area contributed by atoms with Gasteiger partial charge in [-0.1, -0.05) is 12.1 Å². The molecule has 0 aliphatic heterocycles. The maximum Gasteiger partial charge on any atom is 0.292 e. The summed E-state index contributed by atoms with van der Waals surface area (Å²) in [7, 11) is 0. The lowest BCUT2D eigenvalue weighted by Crippen LogP contribution is -2.03. The number of hydrogen-bond donors (Lipinski definition) is 1. The van der Waals surface area contributed by atoms with E-state index in [1.54, 1.807) is 30.6 Å². The van der Waals surface area contributed by atoms with E-state index in [2.05, 4.69) is 15.3 Å². The second-order valence-electron chi connectivity index (χ2n) is 3.37. The Morgan fingerprint density at radius 3 is 2.65 bits per heavy atom. The molecule has 86 valence electrons. The summed E-state index contributed by atoms with van der Waals surface area (Å²) in [4.78, 5) is 18.1. The van der Waals surface area contributed by atoms with E-state index in [1.807, 2.05) is 0 Å². The van der Waals surface area contributed by atoms with E-state index in [0.717, 1.165) is 5.56 Å². The fourth-order valence-corrected chi connectivity index (χ4v) is 1.40. The normalized spacial score (nSPS) is 9.88. The molecular weight excluding hydrogens is 220 g/mol. The van der Waals surface area contributed by atoms with Crippen LogP contribution in [0, 0.1) is 10.1 Å². The maximum absolute atomic E-state index is 10.8. The lowest BCUT2D eigenvalue weighted by atomic mass is 10.2. The van der Waals surface area contributed by atoms with Crippen LogP contribution in [0.2, 0.25) is 0 Å². The van der Waals surface area contributed by atoms with Gasteiger partial charge in [0.05, 0.1) is 4.92 Å². The number of nitro benzene ring substituents is 1. The molecule has 0 bridgehead atoms. The third-order valence-electron chi connectivity index (χ3n) is 2.20. The average Bonchev–Trinajstić information content (AvgIpc) is 2.38. The predicted molar refractivity (Wildman–Crippen MR) is 62.5 cm³/mol. The van der Waals surface area contributed by atoms with E-state index in [0.29, 0.717) is 12.2 Å². The molecule has 0 aliphatic rings. The molecule has 1 aromatic carbocycles. The Balaban J connectivity index is 2.12. The Hall–Kier alpha value is -2.50. The van der Waals surface area contributed by atoms with Crippen LogP contribution in [-0.4, -0.2) is 14.9 Å². The van der Waals surface area contributed by atoms with Gasteiger partial charge in [-0.15, -0.1) is 0 Å². The van der Waals surface area contributed by atoms with Crippen LogP contribution in [0.1, 0.15) is 5.56 Å². The standard InChI is InChI=1S/C11H10N4O2/c16-15(17)11-4-2-1-3-10(11)14-7-9-5-12-8-13-6-9/h1-6,8,14H,7H2. The summed E-state index contributed by atoms with van der Waals surface area (Å²) in [5, 5.41) is 13.8. The number of nitrogens with zero attached hydrogens (tertiary/aromatic N) is 3. The van der Waals surface area contributed by atoms with Crippen LogP contribution in [-0.2, 0) is 6.54 Å². The minimum Gasteiger partial charge on any atom is -0.375 e. The highest BCUT2D eigenvalue weighted by atomic mass is 16.6. The molecule has 0 radical (unpaired) electrons. The summed E-state index contributed by atoms with van der Waals surface area (Å²) in [6.45, 7) is 0.450. The molecule has 0 unspecified atom stereocenters. The Bertz CT molecular complexity index is 516. The molecule has 1 N–H and O–H groups in total. The number of rotatable bonds is 4. The van der Waals surface area contributed by atoms with E-state index in [1.165, 1.54) is 12.4 Å². The van der Waals surface area contributed by atoms with Gasteiger partial charge in [-0.25, -0.2) is 9.97 Å². The third kappa shape index (κ3) is 2.75. The number of nitro groups is 1. The smallest absolute Gasteiger partial charge is 0.292 e. The predicted octanol–water partition coefficient (Wildman–Crippen LogP) is 2.00. The van der Waals surface area contributed by atoms with Crippen molar-refractivity contribution in [3.63, 3.8) is 0 Å². The molecule has 1 aromatic heterocycles. The first-order valence-corrected chi connectivity index (χ1v) is 4.98. The molecule has 6 nitrogen and oxygen atoms in total. The van der Waals surface area contributed by atoms with Gasteiger partial charge >= 0.3 is 0 Å². The van der Waals surface area contributed by atoms with Crippen molar-refractivity contribution in [3.8, 4) is 0 Å². The first kappa shape index (κ1) is 11.0. The Morgan fingerprint density at radius 1 is 1.24 bits per heavy atom. The fraction of sp³-hybridized carbons (Fsp3) is 0.0909. The van der Waals surface area contributed by atoms with Gasteiger partial charge in [-0.2, -0.15) is 0 Å². The van der Waals surface area contributed by atoms with Crippen molar-refractivity contribution >= 4 is 11.4 Å². The van der Waals surface area contributed by atoms with Crippen LogP contribution >= 0.6 is 0 Å². The largest absolute Gasteiger partial charge is 0.375 e. The van der Waals surface area contributed by atoms with Crippen LogP contribution < -0.4 is 5.32 Å². The zero-order valence-electron chi connectivity index (χ0n) is 8.91. The number of benzene rings is 1. The van der Waals surface area contributed by atoms with Gasteiger partial charge < -0.3 is 5.32 Å². The second-order valence-corrected chi connectivity index (χ2v) is 3.37. The van der Waals surface area contributed by atoms with E-state index >= 15 is 0 Å². The zero-order chi connectivity index (χ0) is 12.1. The minimum atomic E-state index is -0.413. The fourth-order valence-electron chi connectivity index (χ4n) is 1.40. The van der Waals surface area contributed by atoms with Crippen LogP contribution in [0.25, 0.3) is 0 Å². The van der Waals surface area contributed by atoms with Crippen molar-refractivity contribution in [2.75, 3.05) is 5.32 Å². The third-order valence-corrected chi connectivity index (χ3v) is 2.20. The van der Waals surface area contributed by atoms with Crippen molar-refractivity contribution in [2.24, 2.45) is 0 Å². The maximum atomic E-state index is 10.8. The molecule has 2 rings (SSSR count). The average molecular weight is 230 g/mol. The Labute approximate surface area is 97.5 Å². The summed E-state index contributed by atoms with van der Waals surface area (Å²) < 4.78 is 0. The molecule has 6 heteroatoms. The minimum absolute atomic E-state index is 0.0596. The van der Waals surface area contributed by atoms with Crippen LogP contribution in [0.5, 0.6) is 0 Å². The van der Waals surface area contributed by atoms with E-state index < -0.39 is 4.92 Å². The van der Waals surface area contributed by atoms with Gasteiger partial charge in [0.1, 0.15) is 12.0 Å². The number of anilines is 1. The van der Waals surface area contributed by atoms with Crippen LogP contribution in [0.3, 0.4) is 0 Å². The first-order chi connectivity index (χ1) is 8.27. The summed E-state index contributed by atoms with van der Waals surface area (Å²) in [5.74, 6) is 0. The number of aromatic nitrogens is 2. The topological polar surface area (TPSA) is 81.0 Å². The highest BCUT2D eigenvalue weighted by Crippen LogP contribution is 2.23. The lowest BCUT2D eigenvalue weighted by molar-refractivity contribution is -0.384. The first-order valence-electron chi connectivity index (χ1n) is 4.98. The van der Waals surface area contributed by atoms with Gasteiger partial charge in [0.15, 0.2) is 0 Å². The van der Waals surface area contributed by atoms with Crippen LogP contribution in [0.4, 0.5) is 11.4 Å². The van der Waals surface area contributed by atoms with Crippen LogP contribution in [0.15, 0.2) is 43.0 Å². The molecule has 1 heterocycles. The van der Waals surface area contributed by atoms with Gasteiger partial charge in [-0.05, 0) is 6.07 Å². The number of para-hydroxylation sites is 2. The summed E-state index contributed by atoms with van der Waals surface area (Å²) >= 11 is 0. The van der Waals surface area contributed by atoms with E-state index in [9.17, 15) is 10.1 Å². The Kier molecular flexibility index (Phi) is 3.25. The molecule has 0 fully saturated rings. The lowest BCUT2D eigenvalue weighted by Gasteiger charge is -2.05. The molecule has 0 saturated heterocycles. The molecule has 0 spiro atoms. The van der Waals surface area contributed by atoms with Crippen molar-refractivity contribution in [2.45, 2.75) is 6.54 Å². The zero-order valence-corrected chi connectivity index (χ0v) is 8.91. The van der Waals surface area contributed by atoms with Gasteiger partial charge in [-0.3, -0.25) is 10.1 Å². The second kappa shape index (κ2) is 5.02. The van der Waals surface area contributed by atoms with E-state index in [4.69, 9.17) is 0 Å². The van der Waals surface area contributed by atoms with E-state index in [-0.39, 0.29) is 5.69 Å². The summed E-state index contributed by atoms with van der Waals surface area (Å²) in [6, 6.07) is 6.51. The van der Waals surface area contributed by atoms with Crippen molar-refractivity contribution in [1.82, 2.24) is 9.97 Å². The van der Waals surface area contributed by atoms with Crippen molar-refractivity contribution < 1.29 is 4.92 Å².